The summed E-state index contributed by atoms with van der Waals surface area (Å²) in [7, 11) is 0. The summed E-state index contributed by atoms with van der Waals surface area (Å²) in [6.07, 6.45) is 10.9. The molecule has 4 nitrogen and oxygen atoms in total. The third kappa shape index (κ3) is 4.46. The highest BCUT2D eigenvalue weighted by Gasteiger charge is 2.19. The smallest absolute Gasteiger partial charge is 0.263 e. The first kappa shape index (κ1) is 18.5. The SMILES string of the molecule is CCC(NC(=O)/C(C#N)=C\N1CCCCC1)c1ccc2c(c1)CCCC2. The molecule has 1 aliphatic heterocycles. The van der Waals surface area contributed by atoms with E-state index in [4.69, 9.17) is 0 Å². The third-order valence-electron chi connectivity index (χ3n) is 5.56. The van der Waals surface area contributed by atoms with Crippen LogP contribution >= 0.6 is 0 Å². The van der Waals surface area contributed by atoms with Crippen molar-refractivity contribution in [3.05, 3.63) is 46.7 Å². The number of fused-ring (bicyclic) bond motifs is 1. The number of hydrogen-bond acceptors (Lipinski definition) is 3. The fourth-order valence-electron chi connectivity index (χ4n) is 4.00. The summed E-state index contributed by atoms with van der Waals surface area (Å²) in [5.41, 5.74) is 4.23. The molecule has 2 aliphatic rings. The zero-order valence-electron chi connectivity index (χ0n) is 15.8. The number of piperidine rings is 1. The van der Waals surface area contributed by atoms with Crippen molar-refractivity contribution in [2.45, 2.75) is 64.3 Å². The highest BCUT2D eigenvalue weighted by molar-refractivity contribution is 5.97. The largest absolute Gasteiger partial charge is 0.376 e. The Labute approximate surface area is 156 Å². The molecule has 0 saturated carbocycles. The van der Waals surface area contributed by atoms with E-state index in [-0.39, 0.29) is 17.5 Å². The minimum atomic E-state index is -0.261. The number of nitriles is 1. The maximum absolute atomic E-state index is 12.7. The highest BCUT2D eigenvalue weighted by Crippen LogP contribution is 2.26. The van der Waals surface area contributed by atoms with E-state index in [2.05, 4.69) is 41.4 Å². The van der Waals surface area contributed by atoms with E-state index >= 15 is 0 Å². The molecule has 0 aromatic heterocycles. The minimum Gasteiger partial charge on any atom is -0.376 e. The lowest BCUT2D eigenvalue weighted by atomic mass is 9.88. The third-order valence-corrected chi connectivity index (χ3v) is 5.56. The van der Waals surface area contributed by atoms with Gasteiger partial charge in [-0.05, 0) is 68.1 Å². The maximum atomic E-state index is 12.7. The lowest BCUT2D eigenvalue weighted by Gasteiger charge is -2.25. The van der Waals surface area contributed by atoms with E-state index in [9.17, 15) is 10.1 Å². The van der Waals surface area contributed by atoms with E-state index in [1.165, 1.54) is 30.4 Å². The molecular weight excluding hydrogens is 322 g/mol. The van der Waals surface area contributed by atoms with Crippen molar-refractivity contribution in [2.24, 2.45) is 0 Å². The van der Waals surface area contributed by atoms with Crippen LogP contribution in [0.5, 0.6) is 0 Å². The van der Waals surface area contributed by atoms with Crippen molar-refractivity contribution >= 4 is 5.91 Å². The van der Waals surface area contributed by atoms with Gasteiger partial charge in [0.15, 0.2) is 0 Å². The molecule has 0 spiro atoms. The van der Waals surface area contributed by atoms with Crippen LogP contribution in [0.1, 0.15) is 68.2 Å². The van der Waals surface area contributed by atoms with Crippen LogP contribution < -0.4 is 5.32 Å². The van der Waals surface area contributed by atoms with Crippen molar-refractivity contribution in [3.63, 3.8) is 0 Å². The number of rotatable bonds is 5. The molecule has 1 saturated heterocycles. The number of amides is 1. The molecule has 1 atom stereocenters. The summed E-state index contributed by atoms with van der Waals surface area (Å²) in [5.74, 6) is -0.261. The Morgan fingerprint density at radius 3 is 2.62 bits per heavy atom. The second-order valence-electron chi connectivity index (χ2n) is 7.42. The predicted molar refractivity (Wildman–Crippen MR) is 103 cm³/mol. The van der Waals surface area contributed by atoms with Crippen LogP contribution in [0.15, 0.2) is 30.0 Å². The molecule has 3 rings (SSSR count). The number of aryl methyl sites for hydroxylation is 2. The highest BCUT2D eigenvalue weighted by atomic mass is 16.1. The number of carbonyl (C=O) groups excluding carboxylic acids is 1. The molecule has 1 aliphatic carbocycles. The van der Waals surface area contributed by atoms with Crippen molar-refractivity contribution in [2.75, 3.05) is 13.1 Å². The average Bonchev–Trinajstić information content (AvgIpc) is 2.70. The van der Waals surface area contributed by atoms with Gasteiger partial charge in [-0.15, -0.1) is 0 Å². The fraction of sp³-hybridized carbons (Fsp3) is 0.545. The van der Waals surface area contributed by atoms with E-state index < -0.39 is 0 Å². The van der Waals surface area contributed by atoms with Gasteiger partial charge in [-0.3, -0.25) is 4.79 Å². The second-order valence-corrected chi connectivity index (χ2v) is 7.42. The zero-order valence-corrected chi connectivity index (χ0v) is 15.8. The number of hydrogen-bond donors (Lipinski definition) is 1. The van der Waals surface area contributed by atoms with Gasteiger partial charge in [-0.1, -0.05) is 25.1 Å². The van der Waals surface area contributed by atoms with Crippen LogP contribution in [0.4, 0.5) is 0 Å². The number of benzene rings is 1. The van der Waals surface area contributed by atoms with Crippen LogP contribution in [0.3, 0.4) is 0 Å². The fourth-order valence-corrected chi connectivity index (χ4v) is 4.00. The van der Waals surface area contributed by atoms with E-state index in [0.29, 0.717) is 0 Å². The Morgan fingerprint density at radius 1 is 1.19 bits per heavy atom. The normalized spacial score (nSPS) is 18.6. The molecule has 1 heterocycles. The van der Waals surface area contributed by atoms with Crippen molar-refractivity contribution in [1.82, 2.24) is 10.2 Å². The van der Waals surface area contributed by atoms with Crippen molar-refractivity contribution < 1.29 is 4.79 Å². The molecule has 0 bridgehead atoms. The Kier molecular flexibility index (Phi) is 6.33. The molecule has 1 aromatic rings. The van der Waals surface area contributed by atoms with Crippen LogP contribution in [0.2, 0.25) is 0 Å². The zero-order chi connectivity index (χ0) is 18.4. The Balaban J connectivity index is 1.71. The molecule has 1 N–H and O–H groups in total. The molecule has 1 aromatic carbocycles. The van der Waals surface area contributed by atoms with Gasteiger partial charge in [-0.25, -0.2) is 0 Å². The molecule has 138 valence electrons. The number of nitrogens with one attached hydrogen (secondary N) is 1. The van der Waals surface area contributed by atoms with Gasteiger partial charge in [0.05, 0.1) is 6.04 Å². The summed E-state index contributed by atoms with van der Waals surface area (Å²) in [6, 6.07) is 8.65. The summed E-state index contributed by atoms with van der Waals surface area (Å²) in [6.45, 7) is 3.94. The molecule has 26 heavy (non-hydrogen) atoms. The Morgan fingerprint density at radius 2 is 1.92 bits per heavy atom. The first-order chi connectivity index (χ1) is 12.7. The summed E-state index contributed by atoms with van der Waals surface area (Å²) in [4.78, 5) is 14.7. The van der Waals surface area contributed by atoms with Gasteiger partial charge in [0.2, 0.25) is 0 Å². The molecule has 1 unspecified atom stereocenters. The molecule has 1 fully saturated rings. The van der Waals surface area contributed by atoms with Crippen LogP contribution in [0, 0.1) is 11.3 Å². The molecule has 0 radical (unpaired) electrons. The Bertz CT molecular complexity index is 711. The molecular formula is C22H29N3O. The quantitative estimate of drug-likeness (QED) is 0.644. The summed E-state index contributed by atoms with van der Waals surface area (Å²) in [5, 5.41) is 12.5. The average molecular weight is 351 g/mol. The van der Waals surface area contributed by atoms with Crippen LogP contribution in [-0.2, 0) is 17.6 Å². The summed E-state index contributed by atoms with van der Waals surface area (Å²) >= 11 is 0. The van der Waals surface area contributed by atoms with Crippen molar-refractivity contribution in [3.8, 4) is 6.07 Å². The van der Waals surface area contributed by atoms with E-state index in [0.717, 1.165) is 50.8 Å². The summed E-state index contributed by atoms with van der Waals surface area (Å²) < 4.78 is 0. The Hall–Kier alpha value is -2.28. The lowest BCUT2D eigenvalue weighted by Crippen LogP contribution is -2.31. The van der Waals surface area contributed by atoms with Gasteiger partial charge in [0.1, 0.15) is 11.6 Å². The predicted octanol–water partition coefficient (Wildman–Crippen LogP) is 4.03. The monoisotopic (exact) mass is 351 g/mol. The van der Waals surface area contributed by atoms with Crippen molar-refractivity contribution in [1.29, 1.82) is 5.26 Å². The number of carbonyl (C=O) groups is 1. The minimum absolute atomic E-state index is 0.0483. The van der Waals surface area contributed by atoms with E-state index in [1.807, 2.05) is 0 Å². The first-order valence-corrected chi connectivity index (χ1v) is 9.99. The van der Waals surface area contributed by atoms with E-state index in [1.54, 1.807) is 6.20 Å². The second kappa shape index (κ2) is 8.89. The lowest BCUT2D eigenvalue weighted by molar-refractivity contribution is -0.117. The molecule has 1 amide bonds. The topological polar surface area (TPSA) is 56.1 Å². The van der Waals surface area contributed by atoms with Gasteiger partial charge in [0, 0.05) is 19.3 Å². The maximum Gasteiger partial charge on any atom is 0.263 e. The van der Waals surface area contributed by atoms with Gasteiger partial charge < -0.3 is 10.2 Å². The van der Waals surface area contributed by atoms with Crippen LogP contribution in [-0.4, -0.2) is 23.9 Å². The van der Waals surface area contributed by atoms with Gasteiger partial charge in [-0.2, -0.15) is 5.26 Å². The van der Waals surface area contributed by atoms with Crippen LogP contribution in [0.25, 0.3) is 0 Å². The standard InChI is InChI=1S/C22H29N3O/c1-2-21(19-11-10-17-8-4-5-9-18(17)14-19)24-22(26)20(15-23)16-25-12-6-3-7-13-25/h10-11,14,16,21H,2-9,12-13H2,1H3,(H,24,26)/b20-16-. The molecule has 4 heteroatoms. The van der Waals surface area contributed by atoms with Gasteiger partial charge >= 0.3 is 0 Å². The van der Waals surface area contributed by atoms with Gasteiger partial charge in [0.25, 0.3) is 5.91 Å². The number of likely N-dealkylation sites (tertiary alicyclic amines) is 1. The number of nitrogens with zero attached hydrogens (tertiary/aromatic N) is 2. The first-order valence-electron chi connectivity index (χ1n) is 9.99.